The topological polar surface area (TPSA) is 92.9 Å². The number of carbonyl (C=O) groups is 1. The SMILES string of the molecule is Cn1nnnc1NCCc1ccc(C(=O)O)cc1. The highest BCUT2D eigenvalue weighted by Gasteiger charge is 2.03. The molecule has 0 amide bonds. The van der Waals surface area contributed by atoms with E-state index in [0.717, 1.165) is 12.0 Å². The van der Waals surface area contributed by atoms with Crippen LogP contribution in [-0.4, -0.2) is 37.8 Å². The van der Waals surface area contributed by atoms with Gasteiger partial charge in [-0.25, -0.2) is 9.48 Å². The quantitative estimate of drug-likeness (QED) is 0.802. The average Bonchev–Trinajstić information content (AvgIpc) is 2.76. The van der Waals surface area contributed by atoms with Gasteiger partial charge < -0.3 is 10.4 Å². The number of aromatic nitrogens is 4. The smallest absolute Gasteiger partial charge is 0.335 e. The molecule has 0 saturated carbocycles. The van der Waals surface area contributed by atoms with Crippen LogP contribution in [0.3, 0.4) is 0 Å². The summed E-state index contributed by atoms with van der Waals surface area (Å²) in [4.78, 5) is 10.7. The zero-order valence-corrected chi connectivity index (χ0v) is 9.87. The molecule has 94 valence electrons. The molecule has 0 atom stereocenters. The van der Waals surface area contributed by atoms with Crippen LogP contribution in [0.4, 0.5) is 5.95 Å². The van der Waals surface area contributed by atoms with E-state index >= 15 is 0 Å². The molecule has 0 spiro atoms. The van der Waals surface area contributed by atoms with Crippen molar-refractivity contribution >= 4 is 11.9 Å². The fourth-order valence-electron chi connectivity index (χ4n) is 1.51. The molecule has 0 saturated heterocycles. The minimum absolute atomic E-state index is 0.296. The third kappa shape index (κ3) is 2.82. The van der Waals surface area contributed by atoms with Gasteiger partial charge in [-0.3, -0.25) is 0 Å². The number of tetrazole rings is 1. The summed E-state index contributed by atoms with van der Waals surface area (Å²) in [5.41, 5.74) is 1.35. The van der Waals surface area contributed by atoms with Crippen LogP contribution >= 0.6 is 0 Å². The van der Waals surface area contributed by atoms with Crippen molar-refractivity contribution in [2.24, 2.45) is 7.05 Å². The Bertz CT molecular complexity index is 535. The van der Waals surface area contributed by atoms with Crippen molar-refractivity contribution in [1.29, 1.82) is 0 Å². The maximum absolute atomic E-state index is 10.7. The van der Waals surface area contributed by atoms with Gasteiger partial charge in [0.15, 0.2) is 0 Å². The third-order valence-electron chi connectivity index (χ3n) is 2.52. The number of hydrogen-bond acceptors (Lipinski definition) is 5. The first-order valence-electron chi connectivity index (χ1n) is 5.45. The number of nitrogens with one attached hydrogen (secondary N) is 1. The van der Waals surface area contributed by atoms with E-state index in [1.807, 2.05) is 0 Å². The van der Waals surface area contributed by atoms with Crippen LogP contribution in [0.25, 0.3) is 0 Å². The Hall–Kier alpha value is -2.44. The summed E-state index contributed by atoms with van der Waals surface area (Å²) >= 11 is 0. The molecule has 2 rings (SSSR count). The van der Waals surface area contributed by atoms with Crippen LogP contribution in [0.2, 0.25) is 0 Å². The van der Waals surface area contributed by atoms with Gasteiger partial charge in [0.25, 0.3) is 0 Å². The lowest BCUT2D eigenvalue weighted by atomic mass is 10.1. The lowest BCUT2D eigenvalue weighted by molar-refractivity contribution is 0.0697. The highest BCUT2D eigenvalue weighted by atomic mass is 16.4. The van der Waals surface area contributed by atoms with Crippen molar-refractivity contribution in [3.05, 3.63) is 35.4 Å². The Labute approximate surface area is 103 Å². The largest absolute Gasteiger partial charge is 0.478 e. The van der Waals surface area contributed by atoms with E-state index in [2.05, 4.69) is 20.8 Å². The van der Waals surface area contributed by atoms with Crippen LogP contribution < -0.4 is 5.32 Å². The second-order valence-electron chi connectivity index (χ2n) is 3.80. The fraction of sp³-hybridized carbons (Fsp3) is 0.273. The van der Waals surface area contributed by atoms with Crippen molar-refractivity contribution in [3.8, 4) is 0 Å². The summed E-state index contributed by atoms with van der Waals surface area (Å²) in [5, 5.41) is 22.9. The van der Waals surface area contributed by atoms with E-state index in [0.29, 0.717) is 18.1 Å². The molecule has 2 aromatic rings. The molecule has 2 N–H and O–H groups in total. The van der Waals surface area contributed by atoms with Crippen molar-refractivity contribution in [2.75, 3.05) is 11.9 Å². The number of hydrogen-bond donors (Lipinski definition) is 2. The van der Waals surface area contributed by atoms with E-state index in [1.165, 1.54) is 0 Å². The lowest BCUT2D eigenvalue weighted by Gasteiger charge is -2.04. The van der Waals surface area contributed by atoms with Gasteiger partial charge in [-0.2, -0.15) is 0 Å². The van der Waals surface area contributed by atoms with Gasteiger partial charge in [-0.05, 0) is 34.5 Å². The molecule has 7 nitrogen and oxygen atoms in total. The maximum Gasteiger partial charge on any atom is 0.335 e. The van der Waals surface area contributed by atoms with Crippen LogP contribution in [0.15, 0.2) is 24.3 Å². The second kappa shape index (κ2) is 5.26. The van der Waals surface area contributed by atoms with Crippen LogP contribution in [0.1, 0.15) is 15.9 Å². The number of aromatic carboxylic acids is 1. The Morgan fingerprint density at radius 2 is 2.11 bits per heavy atom. The summed E-state index contributed by atoms with van der Waals surface area (Å²) in [6.45, 7) is 0.681. The van der Waals surface area contributed by atoms with Crippen LogP contribution in [-0.2, 0) is 13.5 Å². The van der Waals surface area contributed by atoms with Crippen LogP contribution in [0, 0.1) is 0 Å². The Morgan fingerprint density at radius 1 is 1.39 bits per heavy atom. The van der Waals surface area contributed by atoms with E-state index in [-0.39, 0.29) is 0 Å². The molecule has 0 bridgehead atoms. The van der Waals surface area contributed by atoms with Gasteiger partial charge in [0.05, 0.1) is 5.56 Å². The van der Waals surface area contributed by atoms with Gasteiger partial charge in [-0.1, -0.05) is 17.2 Å². The van der Waals surface area contributed by atoms with Crippen molar-refractivity contribution in [3.63, 3.8) is 0 Å². The van der Waals surface area contributed by atoms with E-state index < -0.39 is 5.97 Å². The standard InChI is InChI=1S/C11H13N5O2/c1-16-11(13-14-15-16)12-7-6-8-2-4-9(5-3-8)10(17)18/h2-5H,6-7H2,1H3,(H,17,18)(H,12,13,15). The number of anilines is 1. The van der Waals surface area contributed by atoms with Gasteiger partial charge in [0, 0.05) is 13.6 Å². The van der Waals surface area contributed by atoms with Gasteiger partial charge in [0.2, 0.25) is 5.95 Å². The summed E-state index contributed by atoms with van der Waals surface area (Å²) in [7, 11) is 1.75. The molecule has 1 aromatic heterocycles. The first-order valence-corrected chi connectivity index (χ1v) is 5.45. The molecular formula is C11H13N5O2. The zero-order valence-electron chi connectivity index (χ0n) is 9.87. The number of nitrogens with zero attached hydrogens (tertiary/aromatic N) is 4. The molecule has 0 fully saturated rings. The minimum Gasteiger partial charge on any atom is -0.478 e. The van der Waals surface area contributed by atoms with E-state index in [1.54, 1.807) is 36.0 Å². The molecular weight excluding hydrogens is 234 g/mol. The molecule has 18 heavy (non-hydrogen) atoms. The Morgan fingerprint density at radius 3 is 2.67 bits per heavy atom. The van der Waals surface area contributed by atoms with Gasteiger partial charge >= 0.3 is 5.97 Å². The first kappa shape index (κ1) is 12.0. The number of benzene rings is 1. The lowest BCUT2D eigenvalue weighted by Crippen LogP contribution is -2.09. The molecule has 7 heteroatoms. The normalized spacial score (nSPS) is 10.3. The highest BCUT2D eigenvalue weighted by Crippen LogP contribution is 2.05. The molecule has 0 aliphatic rings. The van der Waals surface area contributed by atoms with E-state index in [4.69, 9.17) is 5.11 Å². The maximum atomic E-state index is 10.7. The minimum atomic E-state index is -0.912. The molecule has 1 heterocycles. The van der Waals surface area contributed by atoms with E-state index in [9.17, 15) is 4.79 Å². The molecule has 0 radical (unpaired) electrons. The van der Waals surface area contributed by atoms with Crippen molar-refractivity contribution in [2.45, 2.75) is 6.42 Å². The molecule has 1 aromatic carbocycles. The van der Waals surface area contributed by atoms with Crippen molar-refractivity contribution in [1.82, 2.24) is 20.2 Å². The third-order valence-corrected chi connectivity index (χ3v) is 2.52. The predicted octanol–water partition coefficient (Wildman–Crippen LogP) is 0.563. The summed E-state index contributed by atoms with van der Waals surface area (Å²) in [6.07, 6.45) is 0.771. The second-order valence-corrected chi connectivity index (χ2v) is 3.80. The highest BCUT2D eigenvalue weighted by molar-refractivity contribution is 5.87. The van der Waals surface area contributed by atoms with Gasteiger partial charge in [0.1, 0.15) is 0 Å². The number of aryl methyl sites for hydroxylation is 1. The Balaban J connectivity index is 1.87. The number of rotatable bonds is 5. The average molecular weight is 247 g/mol. The van der Waals surface area contributed by atoms with Crippen molar-refractivity contribution < 1.29 is 9.90 Å². The fourth-order valence-corrected chi connectivity index (χ4v) is 1.51. The van der Waals surface area contributed by atoms with Gasteiger partial charge in [-0.15, -0.1) is 0 Å². The summed E-state index contributed by atoms with van der Waals surface area (Å²) in [5.74, 6) is -0.304. The monoisotopic (exact) mass is 247 g/mol. The number of carboxylic acid groups (broad SMARTS) is 1. The predicted molar refractivity (Wildman–Crippen MR) is 64.4 cm³/mol. The summed E-state index contributed by atoms with van der Waals surface area (Å²) in [6, 6.07) is 6.81. The zero-order chi connectivity index (χ0) is 13.0. The first-order chi connectivity index (χ1) is 8.66. The molecule has 0 aliphatic heterocycles. The summed E-state index contributed by atoms with van der Waals surface area (Å²) < 4.78 is 1.55. The number of carboxylic acids is 1. The Kier molecular flexibility index (Phi) is 3.52. The molecule has 0 unspecified atom stereocenters. The molecule has 0 aliphatic carbocycles. The van der Waals surface area contributed by atoms with Crippen LogP contribution in [0.5, 0.6) is 0 Å².